The van der Waals surface area contributed by atoms with Gasteiger partial charge in [-0.05, 0) is 67.1 Å². The van der Waals surface area contributed by atoms with Crippen molar-refractivity contribution >= 4 is 9.84 Å². The molecule has 12 heteroatoms. The second-order valence-electron chi connectivity index (χ2n) is 10.6. The molecule has 43 heavy (non-hydrogen) atoms. The number of alkyl halides is 5. The molecule has 0 saturated carbocycles. The van der Waals surface area contributed by atoms with Crippen LogP contribution in [0.1, 0.15) is 60.6 Å². The number of phenols is 2. The molecule has 1 heterocycles. The van der Waals surface area contributed by atoms with E-state index in [2.05, 4.69) is 0 Å². The minimum Gasteiger partial charge on any atom is -0.508 e. The number of hydrogen-bond donors (Lipinski definition) is 2. The minimum atomic E-state index is -5.69. The van der Waals surface area contributed by atoms with Crippen LogP contribution in [0.4, 0.5) is 22.0 Å². The van der Waals surface area contributed by atoms with Gasteiger partial charge in [0.15, 0.2) is 0 Å². The summed E-state index contributed by atoms with van der Waals surface area (Å²) < 4.78 is 98.8. The Labute approximate surface area is 247 Å². The number of sulfone groups is 1. The van der Waals surface area contributed by atoms with Gasteiger partial charge in [0.05, 0.1) is 24.7 Å². The van der Waals surface area contributed by atoms with Gasteiger partial charge in [-0.1, -0.05) is 30.3 Å². The predicted molar refractivity (Wildman–Crippen MR) is 151 cm³/mol. The van der Waals surface area contributed by atoms with Crippen LogP contribution >= 0.6 is 0 Å². The molecule has 4 rings (SSSR count). The van der Waals surface area contributed by atoms with Gasteiger partial charge in [-0.25, -0.2) is 8.42 Å². The average molecular weight is 629 g/mol. The smallest absolute Gasteiger partial charge is 0.453 e. The molecule has 3 aromatic carbocycles. The maximum atomic E-state index is 13.0. The number of halogens is 5. The van der Waals surface area contributed by atoms with Crippen LogP contribution in [-0.4, -0.2) is 55.4 Å². The third-order valence-corrected chi connectivity index (χ3v) is 9.24. The zero-order valence-corrected chi connectivity index (χ0v) is 24.0. The number of phenolic OH excluding ortho intramolecular Hbond substituents is 2. The van der Waals surface area contributed by atoms with Gasteiger partial charge < -0.3 is 19.7 Å². The molecule has 2 N–H and O–H groups in total. The lowest BCUT2D eigenvalue weighted by atomic mass is 9.76. The number of fused-ring (bicyclic) bond motifs is 1. The quantitative estimate of drug-likeness (QED) is 0.152. The third kappa shape index (κ3) is 8.52. The fourth-order valence-corrected chi connectivity index (χ4v) is 6.60. The zero-order chi connectivity index (χ0) is 31.3. The number of unbranched alkanes of at least 4 members (excludes halogenated alkanes) is 2. The molecule has 6 nitrogen and oxygen atoms in total. The summed E-state index contributed by atoms with van der Waals surface area (Å²) in [4.78, 5) is 0. The first kappa shape index (κ1) is 32.4. The highest BCUT2D eigenvalue weighted by Gasteiger charge is 2.56. The largest absolute Gasteiger partial charge is 0.508 e. The van der Waals surface area contributed by atoms with Crippen LogP contribution in [0, 0.1) is 0 Å². The number of hydrogen-bond acceptors (Lipinski definition) is 6. The van der Waals surface area contributed by atoms with E-state index in [-0.39, 0.29) is 35.5 Å². The van der Waals surface area contributed by atoms with Crippen LogP contribution in [0.15, 0.2) is 66.7 Å². The predicted octanol–water partition coefficient (Wildman–Crippen LogP) is 7.35. The van der Waals surface area contributed by atoms with Crippen molar-refractivity contribution in [3.05, 3.63) is 83.4 Å². The van der Waals surface area contributed by atoms with Gasteiger partial charge in [0.25, 0.3) is 0 Å². The molecule has 0 bridgehead atoms. The molecule has 0 amide bonds. The van der Waals surface area contributed by atoms with E-state index in [9.17, 15) is 40.6 Å². The molecule has 1 aliphatic heterocycles. The van der Waals surface area contributed by atoms with Crippen molar-refractivity contribution in [2.75, 3.05) is 24.7 Å². The van der Waals surface area contributed by atoms with E-state index in [1.165, 1.54) is 0 Å². The van der Waals surface area contributed by atoms with E-state index in [4.69, 9.17) is 9.47 Å². The lowest BCUT2D eigenvalue weighted by Gasteiger charge is -2.34. The highest BCUT2D eigenvalue weighted by Crippen LogP contribution is 2.47. The molecule has 1 aliphatic rings. The maximum Gasteiger partial charge on any atom is 0.453 e. The lowest BCUT2D eigenvalue weighted by molar-refractivity contribution is -0.284. The molecule has 3 aromatic rings. The van der Waals surface area contributed by atoms with Gasteiger partial charge in [0.2, 0.25) is 0 Å². The fraction of sp³-hybridized carbons (Fsp3) is 0.419. The van der Waals surface area contributed by atoms with Crippen LogP contribution in [0.5, 0.6) is 23.0 Å². The molecule has 2 atom stereocenters. The van der Waals surface area contributed by atoms with E-state index in [1.54, 1.807) is 30.3 Å². The Kier molecular flexibility index (Phi) is 10.1. The number of aromatic hydroxyl groups is 2. The van der Waals surface area contributed by atoms with Gasteiger partial charge in [0.1, 0.15) is 32.8 Å². The van der Waals surface area contributed by atoms with Gasteiger partial charge in [0, 0.05) is 29.9 Å². The van der Waals surface area contributed by atoms with Crippen LogP contribution in [0.25, 0.3) is 0 Å². The second-order valence-corrected chi connectivity index (χ2v) is 13.0. The van der Waals surface area contributed by atoms with E-state index in [1.807, 2.05) is 36.4 Å². The highest BCUT2D eigenvalue weighted by atomic mass is 32.2. The van der Waals surface area contributed by atoms with Crippen LogP contribution in [0.3, 0.4) is 0 Å². The Hall–Kier alpha value is -3.54. The monoisotopic (exact) mass is 628 g/mol. The zero-order valence-electron chi connectivity index (χ0n) is 23.2. The van der Waals surface area contributed by atoms with Crippen molar-refractivity contribution in [1.82, 2.24) is 0 Å². The van der Waals surface area contributed by atoms with Crippen molar-refractivity contribution in [2.45, 2.75) is 56.0 Å². The lowest BCUT2D eigenvalue weighted by Crippen LogP contribution is -2.36. The van der Waals surface area contributed by atoms with Crippen molar-refractivity contribution in [2.24, 2.45) is 0 Å². The maximum absolute atomic E-state index is 13.0. The Bertz CT molecular complexity index is 1470. The minimum absolute atomic E-state index is 0.0884. The summed E-state index contributed by atoms with van der Waals surface area (Å²) in [6.07, 6.45) is -6.79. The van der Waals surface area contributed by atoms with Crippen molar-refractivity contribution in [1.29, 1.82) is 0 Å². The summed E-state index contributed by atoms with van der Waals surface area (Å²) in [5, 5.41) is 19.7. The molecule has 0 spiro atoms. The molecular weight excluding hydrogens is 595 g/mol. The fourth-order valence-electron chi connectivity index (χ4n) is 5.17. The van der Waals surface area contributed by atoms with E-state index in [0.29, 0.717) is 37.6 Å². The number of rotatable bonds is 13. The van der Waals surface area contributed by atoms with E-state index in [0.717, 1.165) is 16.7 Å². The SMILES string of the molecule is O=S(=O)(CCCCCOc1cccc(C2c3ccc(O)cc3OCC2c2ccc(O)cc2)c1)CCCC(F)(F)C(F)(F)F. The third-order valence-electron chi connectivity index (χ3n) is 7.42. The summed E-state index contributed by atoms with van der Waals surface area (Å²) in [7, 11) is -3.75. The highest BCUT2D eigenvalue weighted by molar-refractivity contribution is 7.91. The number of benzene rings is 3. The topological polar surface area (TPSA) is 93.1 Å². The first-order valence-electron chi connectivity index (χ1n) is 13.9. The summed E-state index contributed by atoms with van der Waals surface area (Å²) in [5.74, 6) is -4.72. The van der Waals surface area contributed by atoms with E-state index < -0.39 is 40.5 Å². The molecule has 0 aliphatic carbocycles. The second kappa shape index (κ2) is 13.4. The average Bonchev–Trinajstić information content (AvgIpc) is 2.94. The van der Waals surface area contributed by atoms with E-state index >= 15 is 0 Å². The van der Waals surface area contributed by atoms with Gasteiger partial charge in [-0.2, -0.15) is 22.0 Å². The Morgan fingerprint density at radius 3 is 2.23 bits per heavy atom. The Morgan fingerprint density at radius 1 is 0.814 bits per heavy atom. The molecule has 0 aromatic heterocycles. The molecule has 0 saturated heterocycles. The Balaban J connectivity index is 1.32. The van der Waals surface area contributed by atoms with Crippen LogP contribution < -0.4 is 9.47 Å². The summed E-state index contributed by atoms with van der Waals surface area (Å²) in [6.45, 7) is 0.644. The first-order valence-corrected chi connectivity index (χ1v) is 15.7. The standard InChI is InChI=1S/C31H33F5O6S/c32-30(33,31(34,35)36)14-5-17-43(39,40)16-3-1-2-15-41-25-7-4-6-22(18-25)29-26-13-12-24(38)19-28(26)42-20-27(29)21-8-10-23(37)11-9-21/h4,6-13,18-19,27,29,37-38H,1-3,5,14-17,20H2. The van der Waals surface area contributed by atoms with Gasteiger partial charge >= 0.3 is 12.1 Å². The molecule has 2 unspecified atom stereocenters. The van der Waals surface area contributed by atoms with Crippen LogP contribution in [0.2, 0.25) is 0 Å². The van der Waals surface area contributed by atoms with Gasteiger partial charge in [-0.3, -0.25) is 0 Å². The van der Waals surface area contributed by atoms with Crippen molar-refractivity contribution in [3.8, 4) is 23.0 Å². The Morgan fingerprint density at radius 2 is 1.51 bits per heavy atom. The molecule has 0 radical (unpaired) electrons. The molecular formula is C31H33F5O6S. The molecule has 234 valence electrons. The summed E-state index contributed by atoms with van der Waals surface area (Å²) >= 11 is 0. The van der Waals surface area contributed by atoms with Crippen LogP contribution in [-0.2, 0) is 9.84 Å². The normalized spacial score (nSPS) is 17.2. The summed E-state index contributed by atoms with van der Waals surface area (Å²) in [5.41, 5.74) is 2.81. The van der Waals surface area contributed by atoms with Crippen molar-refractivity contribution < 1.29 is 50.1 Å². The summed E-state index contributed by atoms with van der Waals surface area (Å²) in [6, 6.07) is 19.5. The first-order chi connectivity index (χ1) is 20.3. The molecule has 0 fully saturated rings. The van der Waals surface area contributed by atoms with Gasteiger partial charge in [-0.15, -0.1) is 0 Å². The van der Waals surface area contributed by atoms with Crippen molar-refractivity contribution in [3.63, 3.8) is 0 Å². The number of ether oxygens (including phenoxy) is 2.